The van der Waals surface area contributed by atoms with E-state index in [1.54, 1.807) is 7.11 Å². The Morgan fingerprint density at radius 3 is 2.57 bits per heavy atom. The molecule has 1 aromatic rings. The average molecular weight is 311 g/mol. The predicted octanol–water partition coefficient (Wildman–Crippen LogP) is 2.98. The fourth-order valence-electron chi connectivity index (χ4n) is 2.64. The maximum atomic E-state index is 11.8. The number of benzene rings is 1. The number of methoxy groups -OCH3 is 1. The van der Waals surface area contributed by atoms with Gasteiger partial charge in [-0.25, -0.2) is 8.42 Å². The highest BCUT2D eigenvalue weighted by atomic mass is 32.2. The zero-order chi connectivity index (χ0) is 15.7. The van der Waals surface area contributed by atoms with Crippen LogP contribution in [0, 0.1) is 0 Å². The molecule has 0 amide bonds. The lowest BCUT2D eigenvalue weighted by Gasteiger charge is -2.26. The Balaban J connectivity index is 2.25. The quantitative estimate of drug-likeness (QED) is 0.932. The van der Waals surface area contributed by atoms with Gasteiger partial charge in [-0.2, -0.15) is 0 Å². The zero-order valence-electron chi connectivity index (χ0n) is 13.3. The van der Waals surface area contributed by atoms with Gasteiger partial charge in [-0.05, 0) is 36.0 Å². The van der Waals surface area contributed by atoms with Crippen LogP contribution in [0.4, 0.5) is 5.69 Å². The Morgan fingerprint density at radius 1 is 1.29 bits per heavy atom. The number of anilines is 1. The first-order valence-corrected chi connectivity index (χ1v) is 9.19. The second-order valence-electron chi connectivity index (χ2n) is 6.76. The van der Waals surface area contributed by atoms with Crippen molar-refractivity contribution in [2.45, 2.75) is 45.1 Å². The molecule has 1 saturated heterocycles. The Labute approximate surface area is 127 Å². The topological polar surface area (TPSA) is 55.4 Å². The molecule has 0 aliphatic carbocycles. The minimum Gasteiger partial charge on any atom is -0.495 e. The van der Waals surface area contributed by atoms with Gasteiger partial charge in [0.15, 0.2) is 9.84 Å². The highest BCUT2D eigenvalue weighted by Gasteiger charge is 2.25. The van der Waals surface area contributed by atoms with Crippen LogP contribution in [0.25, 0.3) is 0 Å². The molecule has 0 spiro atoms. The van der Waals surface area contributed by atoms with E-state index in [0.717, 1.165) is 24.3 Å². The summed E-state index contributed by atoms with van der Waals surface area (Å²) in [7, 11) is -1.28. The van der Waals surface area contributed by atoms with Crippen molar-refractivity contribution in [2.75, 3.05) is 23.9 Å². The molecule has 1 aliphatic rings. The van der Waals surface area contributed by atoms with Gasteiger partial charge in [-0.3, -0.25) is 0 Å². The molecule has 21 heavy (non-hydrogen) atoms. The fourth-order valence-corrected chi connectivity index (χ4v) is 4.28. The summed E-state index contributed by atoms with van der Waals surface area (Å²) in [6.07, 6.45) is 1.60. The van der Waals surface area contributed by atoms with Gasteiger partial charge < -0.3 is 10.1 Å². The first-order chi connectivity index (χ1) is 9.71. The first kappa shape index (κ1) is 16.1. The van der Waals surface area contributed by atoms with Crippen LogP contribution >= 0.6 is 0 Å². The SMILES string of the molecule is COc1ccc(C(C)(C)C)cc1NC1CCCS(=O)(=O)C1. The number of rotatable bonds is 3. The summed E-state index contributed by atoms with van der Waals surface area (Å²) < 4.78 is 28.9. The third-order valence-corrected chi connectivity index (χ3v) is 5.71. The molecule has 0 radical (unpaired) electrons. The molecule has 1 N–H and O–H groups in total. The summed E-state index contributed by atoms with van der Waals surface area (Å²) >= 11 is 0. The van der Waals surface area contributed by atoms with E-state index >= 15 is 0 Å². The van der Waals surface area contributed by atoms with Gasteiger partial charge in [-0.1, -0.05) is 26.8 Å². The van der Waals surface area contributed by atoms with Crippen LogP contribution in [0.5, 0.6) is 5.75 Å². The van der Waals surface area contributed by atoms with E-state index in [9.17, 15) is 8.42 Å². The molecule has 1 atom stereocenters. The number of sulfone groups is 1. The van der Waals surface area contributed by atoms with E-state index < -0.39 is 9.84 Å². The normalized spacial score (nSPS) is 21.8. The maximum absolute atomic E-state index is 11.8. The smallest absolute Gasteiger partial charge is 0.152 e. The van der Waals surface area contributed by atoms with Gasteiger partial charge in [0.1, 0.15) is 5.75 Å². The molecule has 118 valence electrons. The van der Waals surface area contributed by atoms with Gasteiger partial charge in [0.05, 0.1) is 24.3 Å². The number of hydrogen-bond donors (Lipinski definition) is 1. The second kappa shape index (κ2) is 5.87. The summed E-state index contributed by atoms with van der Waals surface area (Å²) in [5, 5.41) is 3.36. The minimum absolute atomic E-state index is 0.0344. The lowest BCUT2D eigenvalue weighted by Crippen LogP contribution is -2.35. The summed E-state index contributed by atoms with van der Waals surface area (Å²) in [6.45, 7) is 6.47. The molecule has 4 nitrogen and oxygen atoms in total. The van der Waals surface area contributed by atoms with Crippen LogP contribution in [0.2, 0.25) is 0 Å². The third-order valence-electron chi connectivity index (χ3n) is 3.89. The van der Waals surface area contributed by atoms with Crippen molar-refractivity contribution in [1.29, 1.82) is 0 Å². The molecule has 0 aromatic heterocycles. The second-order valence-corrected chi connectivity index (χ2v) is 8.99. The highest BCUT2D eigenvalue weighted by Crippen LogP contribution is 2.32. The predicted molar refractivity (Wildman–Crippen MR) is 87.0 cm³/mol. The summed E-state index contributed by atoms with van der Waals surface area (Å²) in [6, 6.07) is 6.04. The van der Waals surface area contributed by atoms with Crippen LogP contribution < -0.4 is 10.1 Å². The summed E-state index contributed by atoms with van der Waals surface area (Å²) in [5.74, 6) is 1.27. The van der Waals surface area contributed by atoms with Crippen LogP contribution in [-0.2, 0) is 15.3 Å². The van der Waals surface area contributed by atoms with Crippen LogP contribution in [0.1, 0.15) is 39.2 Å². The maximum Gasteiger partial charge on any atom is 0.152 e. The standard InChI is InChI=1S/C16H25NO3S/c1-16(2,3)12-7-8-15(20-4)14(10-12)17-13-6-5-9-21(18,19)11-13/h7-8,10,13,17H,5-6,9,11H2,1-4H3. The van der Waals surface area contributed by atoms with Gasteiger partial charge >= 0.3 is 0 Å². The third kappa shape index (κ3) is 4.13. The molecule has 0 bridgehead atoms. The van der Waals surface area contributed by atoms with Crippen molar-refractivity contribution in [3.05, 3.63) is 23.8 Å². The van der Waals surface area contributed by atoms with E-state index in [1.807, 2.05) is 6.07 Å². The average Bonchev–Trinajstić information content (AvgIpc) is 2.36. The Hall–Kier alpha value is -1.23. The van der Waals surface area contributed by atoms with E-state index in [-0.39, 0.29) is 17.2 Å². The number of hydrogen-bond acceptors (Lipinski definition) is 4. The Morgan fingerprint density at radius 2 is 2.00 bits per heavy atom. The number of nitrogens with one attached hydrogen (secondary N) is 1. The molecule has 5 heteroatoms. The number of ether oxygens (including phenoxy) is 1. The van der Waals surface area contributed by atoms with E-state index in [1.165, 1.54) is 5.56 Å². The largest absolute Gasteiger partial charge is 0.495 e. The van der Waals surface area contributed by atoms with Crippen molar-refractivity contribution in [3.8, 4) is 5.75 Å². The van der Waals surface area contributed by atoms with Gasteiger partial charge in [0.2, 0.25) is 0 Å². The molecule has 0 saturated carbocycles. The van der Waals surface area contributed by atoms with E-state index in [2.05, 4.69) is 38.2 Å². The molecule has 1 heterocycles. The van der Waals surface area contributed by atoms with Crippen molar-refractivity contribution < 1.29 is 13.2 Å². The van der Waals surface area contributed by atoms with Crippen molar-refractivity contribution in [2.24, 2.45) is 0 Å². The van der Waals surface area contributed by atoms with Gasteiger partial charge in [-0.15, -0.1) is 0 Å². The summed E-state index contributed by atoms with van der Waals surface area (Å²) in [5.41, 5.74) is 2.12. The van der Waals surface area contributed by atoms with Crippen molar-refractivity contribution in [1.82, 2.24) is 0 Å². The zero-order valence-corrected chi connectivity index (χ0v) is 14.1. The van der Waals surface area contributed by atoms with Crippen LogP contribution in [0.3, 0.4) is 0 Å². The lowest BCUT2D eigenvalue weighted by molar-refractivity contribution is 0.415. The molecular formula is C16H25NO3S. The van der Waals surface area contributed by atoms with Crippen molar-refractivity contribution >= 4 is 15.5 Å². The van der Waals surface area contributed by atoms with Crippen LogP contribution in [-0.4, -0.2) is 33.1 Å². The molecule has 2 rings (SSSR count). The monoisotopic (exact) mass is 311 g/mol. The molecule has 1 aliphatic heterocycles. The van der Waals surface area contributed by atoms with Gasteiger partial charge in [0.25, 0.3) is 0 Å². The van der Waals surface area contributed by atoms with Crippen LogP contribution in [0.15, 0.2) is 18.2 Å². The van der Waals surface area contributed by atoms with E-state index in [0.29, 0.717) is 5.75 Å². The molecule has 1 unspecified atom stereocenters. The summed E-state index contributed by atoms with van der Waals surface area (Å²) in [4.78, 5) is 0. The highest BCUT2D eigenvalue weighted by molar-refractivity contribution is 7.91. The fraction of sp³-hybridized carbons (Fsp3) is 0.625. The first-order valence-electron chi connectivity index (χ1n) is 7.37. The van der Waals surface area contributed by atoms with Gasteiger partial charge in [0, 0.05) is 6.04 Å². The molecule has 1 fully saturated rings. The molecular weight excluding hydrogens is 286 g/mol. The van der Waals surface area contributed by atoms with E-state index in [4.69, 9.17) is 4.74 Å². The minimum atomic E-state index is -2.91. The lowest BCUT2D eigenvalue weighted by atomic mass is 9.86. The Kier molecular flexibility index (Phi) is 4.51. The molecule has 1 aromatic carbocycles. The van der Waals surface area contributed by atoms with Crippen molar-refractivity contribution in [3.63, 3.8) is 0 Å². The Bertz CT molecular complexity index is 602.